The zero-order valence-corrected chi connectivity index (χ0v) is 7.09. The summed E-state index contributed by atoms with van der Waals surface area (Å²) in [7, 11) is 0.682. The summed E-state index contributed by atoms with van der Waals surface area (Å²) in [5.41, 5.74) is 0. The lowest BCUT2D eigenvalue weighted by Gasteiger charge is -2.18. The van der Waals surface area contributed by atoms with Crippen molar-refractivity contribution in [3.05, 3.63) is 0 Å². The maximum atomic E-state index is 5.27. The van der Waals surface area contributed by atoms with Gasteiger partial charge in [0.2, 0.25) is 0 Å². The van der Waals surface area contributed by atoms with Crippen molar-refractivity contribution in [2.75, 3.05) is 0 Å². The molecule has 0 N–H and O–H groups in total. The molecular formula is C6H11OPS. The first-order valence-corrected chi connectivity index (χ1v) is 5.24. The summed E-state index contributed by atoms with van der Waals surface area (Å²) in [6, 6.07) is 0. The number of rotatable bonds is 2. The van der Waals surface area contributed by atoms with Crippen molar-refractivity contribution >= 4 is 19.4 Å². The van der Waals surface area contributed by atoms with E-state index in [0.717, 1.165) is 0 Å². The van der Waals surface area contributed by atoms with Crippen LogP contribution in [0.3, 0.4) is 0 Å². The van der Waals surface area contributed by atoms with E-state index in [1.165, 1.54) is 32.1 Å². The number of hydrogen-bond donors (Lipinski definition) is 0. The molecule has 0 atom stereocenters. The van der Waals surface area contributed by atoms with Crippen molar-refractivity contribution in [1.29, 1.82) is 0 Å². The minimum atomic E-state index is 0.484. The highest BCUT2D eigenvalue weighted by Crippen LogP contribution is 2.22. The van der Waals surface area contributed by atoms with Gasteiger partial charge >= 0.3 is 0 Å². The highest BCUT2D eigenvalue weighted by atomic mass is 32.4. The second-order valence-corrected chi connectivity index (χ2v) is 3.25. The van der Waals surface area contributed by atoms with Crippen LogP contribution < -0.4 is 0 Å². The van der Waals surface area contributed by atoms with Gasteiger partial charge in [-0.25, -0.2) is 0 Å². The molecule has 0 saturated heterocycles. The lowest BCUT2D eigenvalue weighted by molar-refractivity contribution is 0.183. The Balaban J connectivity index is 2.15. The number of hydrogen-bond acceptors (Lipinski definition) is 2. The zero-order valence-electron chi connectivity index (χ0n) is 5.38. The normalized spacial score (nSPS) is 22.7. The van der Waals surface area contributed by atoms with Gasteiger partial charge in [-0.15, -0.1) is 0 Å². The molecule has 1 aliphatic rings. The highest BCUT2D eigenvalue weighted by molar-refractivity contribution is 7.94. The minimum Gasteiger partial charge on any atom is -0.314 e. The topological polar surface area (TPSA) is 9.23 Å². The summed E-state index contributed by atoms with van der Waals surface area (Å²) in [6.45, 7) is 0. The quantitative estimate of drug-likeness (QED) is 0.577. The molecule has 3 heteroatoms. The molecule has 0 bridgehead atoms. The van der Waals surface area contributed by atoms with E-state index in [0.29, 0.717) is 13.7 Å². The van der Waals surface area contributed by atoms with Crippen molar-refractivity contribution in [2.24, 2.45) is 0 Å². The Morgan fingerprint density at radius 3 is 2.44 bits per heavy atom. The van der Waals surface area contributed by atoms with Crippen LogP contribution in [-0.2, 0) is 16.3 Å². The molecule has 0 spiro atoms. The molecule has 1 rings (SSSR count). The summed E-state index contributed by atoms with van der Waals surface area (Å²) < 4.78 is 5.27. The van der Waals surface area contributed by atoms with Gasteiger partial charge in [-0.05, 0) is 24.6 Å². The first-order valence-electron chi connectivity index (χ1n) is 3.42. The van der Waals surface area contributed by atoms with E-state index in [2.05, 4.69) is 11.8 Å². The highest BCUT2D eigenvalue weighted by Gasteiger charge is 2.12. The van der Waals surface area contributed by atoms with Gasteiger partial charge in [-0.2, -0.15) is 0 Å². The Kier molecular flexibility index (Phi) is 3.64. The lowest BCUT2D eigenvalue weighted by atomic mass is 9.98. The van der Waals surface area contributed by atoms with E-state index in [1.54, 1.807) is 0 Å². The van der Waals surface area contributed by atoms with E-state index in [9.17, 15) is 0 Å². The molecule has 1 aliphatic carbocycles. The van der Waals surface area contributed by atoms with Gasteiger partial charge in [-0.1, -0.05) is 19.3 Å². The molecule has 0 aromatic rings. The molecule has 52 valence electrons. The van der Waals surface area contributed by atoms with Crippen molar-refractivity contribution in [3.63, 3.8) is 0 Å². The maximum absolute atomic E-state index is 5.27. The van der Waals surface area contributed by atoms with Crippen LogP contribution in [0.4, 0.5) is 0 Å². The smallest absolute Gasteiger partial charge is 0.137 e. The van der Waals surface area contributed by atoms with Crippen molar-refractivity contribution < 1.29 is 4.52 Å². The van der Waals surface area contributed by atoms with Crippen molar-refractivity contribution in [3.8, 4) is 0 Å². The summed E-state index contributed by atoms with van der Waals surface area (Å²) >= 11 is 4.68. The Hall–Kier alpha value is 0.480. The first kappa shape index (κ1) is 7.59. The summed E-state index contributed by atoms with van der Waals surface area (Å²) in [5.74, 6) is 0. The molecule has 9 heavy (non-hydrogen) atoms. The van der Waals surface area contributed by atoms with E-state index in [4.69, 9.17) is 4.52 Å². The predicted molar refractivity (Wildman–Crippen MR) is 42.2 cm³/mol. The molecule has 0 aliphatic heterocycles. The van der Waals surface area contributed by atoms with Crippen LogP contribution in [0.1, 0.15) is 32.1 Å². The molecule has 0 radical (unpaired) electrons. The molecule has 0 aromatic carbocycles. The molecule has 1 fully saturated rings. The lowest BCUT2D eigenvalue weighted by Crippen LogP contribution is -2.11. The standard InChI is InChI=1S/C6H11OPS/c9-8-7-6-4-2-1-3-5-6/h6H,1-5H2. The van der Waals surface area contributed by atoms with E-state index >= 15 is 0 Å². The van der Waals surface area contributed by atoms with E-state index in [1.807, 2.05) is 0 Å². The van der Waals surface area contributed by atoms with Gasteiger partial charge in [-0.3, -0.25) is 0 Å². The molecule has 0 amide bonds. The molecule has 1 saturated carbocycles. The summed E-state index contributed by atoms with van der Waals surface area (Å²) in [6.07, 6.45) is 6.98. The maximum Gasteiger partial charge on any atom is 0.137 e. The van der Waals surface area contributed by atoms with Gasteiger partial charge in [0.25, 0.3) is 0 Å². The molecule has 0 aromatic heterocycles. The fourth-order valence-corrected chi connectivity index (χ4v) is 1.93. The van der Waals surface area contributed by atoms with Gasteiger partial charge in [0, 0.05) is 0 Å². The SMILES string of the molecule is S=POC1CCCCC1. The average molecular weight is 162 g/mol. The van der Waals surface area contributed by atoms with Gasteiger partial charge in [0.15, 0.2) is 0 Å². The van der Waals surface area contributed by atoms with Crippen molar-refractivity contribution in [1.82, 2.24) is 0 Å². The fourth-order valence-electron chi connectivity index (χ4n) is 1.23. The Morgan fingerprint density at radius 2 is 1.89 bits per heavy atom. The first-order chi connectivity index (χ1) is 4.43. The second-order valence-electron chi connectivity index (χ2n) is 2.44. The zero-order chi connectivity index (χ0) is 6.53. The molecule has 0 heterocycles. The van der Waals surface area contributed by atoms with Gasteiger partial charge < -0.3 is 4.52 Å². The third kappa shape index (κ3) is 2.70. The van der Waals surface area contributed by atoms with Crippen LogP contribution in [0.2, 0.25) is 0 Å². The van der Waals surface area contributed by atoms with Crippen LogP contribution in [0.25, 0.3) is 0 Å². The average Bonchev–Trinajstić information content (AvgIpc) is 1.91. The fraction of sp³-hybridized carbons (Fsp3) is 1.00. The third-order valence-electron chi connectivity index (χ3n) is 1.74. The Bertz CT molecular complexity index is 91.1. The van der Waals surface area contributed by atoms with Crippen LogP contribution >= 0.6 is 7.58 Å². The van der Waals surface area contributed by atoms with Crippen molar-refractivity contribution in [2.45, 2.75) is 38.2 Å². The van der Waals surface area contributed by atoms with Crippen LogP contribution in [0.15, 0.2) is 0 Å². The summed E-state index contributed by atoms with van der Waals surface area (Å²) in [5, 5.41) is 0. The predicted octanol–water partition coefficient (Wildman–Crippen LogP) is 2.66. The molecule has 1 nitrogen and oxygen atoms in total. The second kappa shape index (κ2) is 4.32. The van der Waals surface area contributed by atoms with Gasteiger partial charge in [0.1, 0.15) is 7.58 Å². The molecular weight excluding hydrogens is 151 g/mol. The van der Waals surface area contributed by atoms with Crippen LogP contribution in [-0.4, -0.2) is 6.10 Å². The van der Waals surface area contributed by atoms with E-state index < -0.39 is 0 Å². The van der Waals surface area contributed by atoms with Gasteiger partial charge in [0.05, 0.1) is 6.10 Å². The Morgan fingerprint density at radius 1 is 1.22 bits per heavy atom. The molecule has 0 unspecified atom stereocenters. The van der Waals surface area contributed by atoms with E-state index in [-0.39, 0.29) is 0 Å². The Labute approximate surface area is 62.7 Å². The largest absolute Gasteiger partial charge is 0.314 e. The summed E-state index contributed by atoms with van der Waals surface area (Å²) in [4.78, 5) is 0. The minimum absolute atomic E-state index is 0.484. The third-order valence-corrected chi connectivity index (χ3v) is 2.39. The monoisotopic (exact) mass is 162 g/mol. The van der Waals surface area contributed by atoms with Crippen LogP contribution in [0, 0.1) is 0 Å². The van der Waals surface area contributed by atoms with Crippen LogP contribution in [0.5, 0.6) is 0 Å².